The van der Waals surface area contributed by atoms with Crippen LogP contribution in [0.1, 0.15) is 0 Å². The summed E-state index contributed by atoms with van der Waals surface area (Å²) in [7, 11) is 0. The lowest BCUT2D eigenvalue weighted by Gasteiger charge is -2.05. The van der Waals surface area contributed by atoms with Crippen molar-refractivity contribution in [2.24, 2.45) is 17.8 Å². The van der Waals surface area contributed by atoms with Crippen LogP contribution in [0.15, 0.2) is 0 Å². The molecular formula is C6H10O3. The number of fused-ring (bicyclic) bond motifs is 1. The molecule has 1 aliphatic carbocycles. The summed E-state index contributed by atoms with van der Waals surface area (Å²) in [5.41, 5.74) is 0. The lowest BCUT2D eigenvalue weighted by atomic mass is 10.3. The summed E-state index contributed by atoms with van der Waals surface area (Å²) < 4.78 is 4.89. The molecule has 2 fully saturated rings. The molecule has 0 unspecified atom stereocenters. The molecule has 1 saturated heterocycles. The summed E-state index contributed by atoms with van der Waals surface area (Å²) >= 11 is 0. The van der Waals surface area contributed by atoms with Crippen molar-refractivity contribution in [3.05, 3.63) is 0 Å². The normalized spacial score (nSPS) is 55.3. The molecule has 3 heteroatoms. The van der Waals surface area contributed by atoms with Gasteiger partial charge < -0.3 is 14.9 Å². The Morgan fingerprint density at radius 3 is 2.67 bits per heavy atom. The van der Waals surface area contributed by atoms with Gasteiger partial charge in [-0.2, -0.15) is 0 Å². The van der Waals surface area contributed by atoms with Crippen LogP contribution in [0.25, 0.3) is 0 Å². The Bertz CT molecular complexity index is 121. The highest BCUT2D eigenvalue weighted by molar-refractivity contribution is 5.01. The van der Waals surface area contributed by atoms with Crippen molar-refractivity contribution in [3.8, 4) is 0 Å². The van der Waals surface area contributed by atoms with E-state index in [-0.39, 0.29) is 12.5 Å². The first kappa shape index (κ1) is 5.65. The topological polar surface area (TPSA) is 49.7 Å². The Hall–Kier alpha value is -0.120. The SMILES string of the molecule is OC[C@@H]1[C@@H]2CO[C@H](O)[C@H]12. The van der Waals surface area contributed by atoms with E-state index in [1.165, 1.54) is 0 Å². The van der Waals surface area contributed by atoms with Crippen molar-refractivity contribution >= 4 is 0 Å². The van der Waals surface area contributed by atoms with Gasteiger partial charge in [0.2, 0.25) is 0 Å². The predicted octanol–water partition coefficient (Wildman–Crippen LogP) is -0.811. The van der Waals surface area contributed by atoms with Crippen molar-refractivity contribution in [2.75, 3.05) is 13.2 Å². The number of hydrogen-bond acceptors (Lipinski definition) is 3. The average molecular weight is 130 g/mol. The number of ether oxygens (including phenoxy) is 1. The van der Waals surface area contributed by atoms with Crippen LogP contribution >= 0.6 is 0 Å². The van der Waals surface area contributed by atoms with Gasteiger partial charge in [0.05, 0.1) is 6.61 Å². The van der Waals surface area contributed by atoms with Crippen LogP contribution in [0, 0.1) is 17.8 Å². The standard InChI is InChI=1S/C6H10O3/c7-1-3-4-2-9-6(8)5(3)4/h3-8H,1-2H2/t3-,4+,5-,6+/m1/s1. The highest BCUT2D eigenvalue weighted by atomic mass is 16.6. The first-order valence-corrected chi connectivity index (χ1v) is 3.25. The van der Waals surface area contributed by atoms with Crippen molar-refractivity contribution in [1.82, 2.24) is 0 Å². The summed E-state index contributed by atoms with van der Waals surface area (Å²) in [6.45, 7) is 0.840. The van der Waals surface area contributed by atoms with Crippen LogP contribution in [0.5, 0.6) is 0 Å². The molecule has 52 valence electrons. The fourth-order valence-electron chi connectivity index (χ4n) is 1.71. The molecule has 2 aliphatic rings. The van der Waals surface area contributed by atoms with Gasteiger partial charge in [-0.25, -0.2) is 0 Å². The molecule has 0 amide bonds. The van der Waals surface area contributed by atoms with Crippen LogP contribution in [-0.2, 0) is 4.74 Å². The smallest absolute Gasteiger partial charge is 0.158 e. The molecule has 1 heterocycles. The number of aliphatic hydroxyl groups excluding tert-OH is 2. The minimum absolute atomic E-state index is 0.204. The molecule has 4 atom stereocenters. The number of hydrogen-bond donors (Lipinski definition) is 2. The molecule has 0 aromatic carbocycles. The van der Waals surface area contributed by atoms with Gasteiger partial charge in [-0.15, -0.1) is 0 Å². The second-order valence-electron chi connectivity index (χ2n) is 2.81. The molecule has 0 radical (unpaired) electrons. The van der Waals surface area contributed by atoms with E-state index >= 15 is 0 Å². The van der Waals surface area contributed by atoms with Gasteiger partial charge in [-0.1, -0.05) is 0 Å². The fraction of sp³-hybridized carbons (Fsp3) is 1.00. The molecule has 2 N–H and O–H groups in total. The molecule has 0 bridgehead atoms. The van der Waals surface area contributed by atoms with E-state index in [1.54, 1.807) is 0 Å². The van der Waals surface area contributed by atoms with Crippen molar-refractivity contribution in [3.63, 3.8) is 0 Å². The summed E-state index contributed by atoms with van der Waals surface area (Å²) in [6.07, 6.45) is -0.591. The van der Waals surface area contributed by atoms with E-state index < -0.39 is 6.29 Å². The molecule has 0 aromatic rings. The Morgan fingerprint density at radius 1 is 1.56 bits per heavy atom. The summed E-state index contributed by atoms with van der Waals surface area (Å²) in [4.78, 5) is 0. The quantitative estimate of drug-likeness (QED) is 0.488. The molecular weight excluding hydrogens is 120 g/mol. The lowest BCUT2D eigenvalue weighted by Crippen LogP contribution is -2.13. The first-order valence-electron chi connectivity index (χ1n) is 3.25. The molecule has 0 aromatic heterocycles. The minimum Gasteiger partial charge on any atom is -0.396 e. The van der Waals surface area contributed by atoms with Crippen LogP contribution in [0.3, 0.4) is 0 Å². The fourth-order valence-corrected chi connectivity index (χ4v) is 1.71. The minimum atomic E-state index is -0.591. The van der Waals surface area contributed by atoms with Gasteiger partial charge >= 0.3 is 0 Å². The van der Waals surface area contributed by atoms with Crippen molar-refractivity contribution < 1.29 is 14.9 Å². The van der Waals surface area contributed by atoms with Gasteiger partial charge in [-0.05, 0) is 11.8 Å². The zero-order valence-electron chi connectivity index (χ0n) is 5.03. The zero-order chi connectivity index (χ0) is 6.43. The Morgan fingerprint density at radius 2 is 2.33 bits per heavy atom. The van der Waals surface area contributed by atoms with E-state index in [1.807, 2.05) is 0 Å². The van der Waals surface area contributed by atoms with Crippen molar-refractivity contribution in [2.45, 2.75) is 6.29 Å². The Balaban J connectivity index is 1.98. The molecule has 1 aliphatic heterocycles. The van der Waals surface area contributed by atoms with Crippen LogP contribution < -0.4 is 0 Å². The van der Waals surface area contributed by atoms with E-state index in [9.17, 15) is 0 Å². The third-order valence-corrected chi connectivity index (χ3v) is 2.40. The van der Waals surface area contributed by atoms with E-state index in [4.69, 9.17) is 14.9 Å². The maximum absolute atomic E-state index is 9.01. The third-order valence-electron chi connectivity index (χ3n) is 2.40. The van der Waals surface area contributed by atoms with Crippen LogP contribution in [0.4, 0.5) is 0 Å². The second kappa shape index (κ2) is 1.68. The van der Waals surface area contributed by atoms with E-state index in [2.05, 4.69) is 0 Å². The largest absolute Gasteiger partial charge is 0.396 e. The Kier molecular flexibility index (Phi) is 1.06. The van der Waals surface area contributed by atoms with Crippen molar-refractivity contribution in [1.29, 1.82) is 0 Å². The molecule has 9 heavy (non-hydrogen) atoms. The van der Waals surface area contributed by atoms with E-state index in [0.29, 0.717) is 18.4 Å². The maximum Gasteiger partial charge on any atom is 0.158 e. The summed E-state index contributed by atoms with van der Waals surface area (Å²) in [6, 6.07) is 0. The molecule has 1 saturated carbocycles. The maximum atomic E-state index is 9.01. The lowest BCUT2D eigenvalue weighted by molar-refractivity contribution is -0.0913. The first-order chi connectivity index (χ1) is 4.34. The van der Waals surface area contributed by atoms with Gasteiger partial charge in [0.1, 0.15) is 0 Å². The summed E-state index contributed by atoms with van der Waals surface area (Å²) in [5, 5.41) is 17.7. The monoisotopic (exact) mass is 130 g/mol. The Labute approximate surface area is 53.3 Å². The van der Waals surface area contributed by atoms with Gasteiger partial charge in [0, 0.05) is 12.5 Å². The number of rotatable bonds is 1. The van der Waals surface area contributed by atoms with Gasteiger partial charge in [0.15, 0.2) is 6.29 Å². The van der Waals surface area contributed by atoms with E-state index in [0.717, 1.165) is 0 Å². The number of aliphatic hydroxyl groups is 2. The molecule has 2 rings (SSSR count). The zero-order valence-corrected chi connectivity index (χ0v) is 5.03. The molecule has 0 spiro atoms. The van der Waals surface area contributed by atoms with Gasteiger partial charge in [-0.3, -0.25) is 0 Å². The van der Waals surface area contributed by atoms with Gasteiger partial charge in [0.25, 0.3) is 0 Å². The second-order valence-corrected chi connectivity index (χ2v) is 2.81. The highest BCUT2D eigenvalue weighted by Gasteiger charge is 2.58. The highest BCUT2D eigenvalue weighted by Crippen LogP contribution is 2.52. The average Bonchev–Trinajstić information content (AvgIpc) is 2.46. The third kappa shape index (κ3) is 0.625. The predicted molar refractivity (Wildman–Crippen MR) is 29.5 cm³/mol. The van der Waals surface area contributed by atoms with Crippen LogP contribution in [0.2, 0.25) is 0 Å². The molecule has 3 nitrogen and oxygen atoms in total. The van der Waals surface area contributed by atoms with Crippen LogP contribution in [-0.4, -0.2) is 29.7 Å². The summed E-state index contributed by atoms with van der Waals surface area (Å²) in [5.74, 6) is 1.02.